The number of halogens is 2. The van der Waals surface area contributed by atoms with Gasteiger partial charge >= 0.3 is 5.97 Å². The standard InChI is InChI=1S/C29H18ClFN2O2/c30-23-9-5-10-24(31)22(23)16-33-15-21(19-8-3-4-11-27(19)33)26-14-20(29(34)35)28-18-7-2-1-6-17(18)12-13-25(28)32-26/h1-15H,16H2,(H,34,35). The van der Waals surface area contributed by atoms with Crippen molar-refractivity contribution < 1.29 is 14.3 Å². The number of aromatic carboxylic acids is 1. The Hall–Kier alpha value is -4.22. The molecule has 6 aromatic rings. The molecular formula is C29H18ClFN2O2. The molecule has 6 rings (SSSR count). The molecule has 0 unspecified atom stereocenters. The zero-order valence-corrected chi connectivity index (χ0v) is 19.1. The van der Waals surface area contributed by atoms with Crippen molar-refractivity contribution in [2.24, 2.45) is 0 Å². The van der Waals surface area contributed by atoms with E-state index in [-0.39, 0.29) is 17.9 Å². The predicted molar refractivity (Wildman–Crippen MR) is 138 cm³/mol. The van der Waals surface area contributed by atoms with Crippen molar-refractivity contribution in [3.8, 4) is 11.3 Å². The number of benzene rings is 4. The zero-order valence-electron chi connectivity index (χ0n) is 18.4. The van der Waals surface area contributed by atoms with Crippen molar-refractivity contribution in [3.63, 3.8) is 0 Å². The maximum absolute atomic E-state index is 14.5. The summed E-state index contributed by atoms with van der Waals surface area (Å²) >= 11 is 6.29. The van der Waals surface area contributed by atoms with E-state index >= 15 is 0 Å². The summed E-state index contributed by atoms with van der Waals surface area (Å²) in [6, 6.07) is 25.5. The number of fused-ring (bicyclic) bond motifs is 4. The molecule has 2 aromatic heterocycles. The number of carbonyl (C=O) groups is 1. The summed E-state index contributed by atoms with van der Waals surface area (Å²) in [6.07, 6.45) is 1.88. The molecular weight excluding hydrogens is 463 g/mol. The average Bonchev–Trinajstić information content (AvgIpc) is 3.24. The highest BCUT2D eigenvalue weighted by Crippen LogP contribution is 2.35. The molecule has 4 aromatic carbocycles. The van der Waals surface area contributed by atoms with Crippen LogP contribution < -0.4 is 0 Å². The van der Waals surface area contributed by atoms with Gasteiger partial charge in [0.05, 0.1) is 23.3 Å². The quantitative estimate of drug-likeness (QED) is 0.265. The first kappa shape index (κ1) is 21.3. The Labute approximate surface area is 204 Å². The number of hydrogen-bond donors (Lipinski definition) is 1. The normalized spacial score (nSPS) is 11.5. The number of hydrogen-bond acceptors (Lipinski definition) is 2. The second-order valence-electron chi connectivity index (χ2n) is 8.43. The summed E-state index contributed by atoms with van der Waals surface area (Å²) in [6.45, 7) is 0.232. The molecule has 6 heteroatoms. The Bertz CT molecular complexity index is 1770. The van der Waals surface area contributed by atoms with Gasteiger partial charge < -0.3 is 9.67 Å². The lowest BCUT2D eigenvalue weighted by molar-refractivity contribution is 0.0699. The van der Waals surface area contributed by atoms with Crippen LogP contribution in [0.25, 0.3) is 43.8 Å². The second-order valence-corrected chi connectivity index (χ2v) is 8.84. The molecule has 35 heavy (non-hydrogen) atoms. The fourth-order valence-electron chi connectivity index (χ4n) is 4.75. The molecule has 0 aliphatic rings. The molecule has 0 saturated carbocycles. The molecule has 0 aliphatic heterocycles. The Morgan fingerprint density at radius 1 is 0.943 bits per heavy atom. The summed E-state index contributed by atoms with van der Waals surface area (Å²) in [4.78, 5) is 17.2. The van der Waals surface area contributed by atoms with Gasteiger partial charge in [-0.3, -0.25) is 0 Å². The van der Waals surface area contributed by atoms with Crippen molar-refractivity contribution in [1.29, 1.82) is 0 Å². The van der Waals surface area contributed by atoms with E-state index < -0.39 is 5.97 Å². The monoisotopic (exact) mass is 480 g/mol. The third kappa shape index (κ3) is 3.52. The van der Waals surface area contributed by atoms with Crippen LogP contribution in [0.5, 0.6) is 0 Å². The van der Waals surface area contributed by atoms with Crippen LogP contribution in [-0.4, -0.2) is 20.6 Å². The maximum atomic E-state index is 14.5. The van der Waals surface area contributed by atoms with E-state index in [9.17, 15) is 14.3 Å². The minimum atomic E-state index is -1.02. The summed E-state index contributed by atoms with van der Waals surface area (Å²) in [7, 11) is 0. The van der Waals surface area contributed by atoms with Crippen LogP contribution in [0.3, 0.4) is 0 Å². The van der Waals surface area contributed by atoms with Gasteiger partial charge in [-0.2, -0.15) is 0 Å². The van der Waals surface area contributed by atoms with Crippen LogP contribution in [0.4, 0.5) is 4.39 Å². The zero-order chi connectivity index (χ0) is 24.1. The molecule has 1 N–H and O–H groups in total. The molecule has 0 radical (unpaired) electrons. The smallest absolute Gasteiger partial charge is 0.336 e. The van der Waals surface area contributed by atoms with Crippen molar-refractivity contribution >= 4 is 50.1 Å². The van der Waals surface area contributed by atoms with Crippen LogP contribution in [-0.2, 0) is 6.54 Å². The van der Waals surface area contributed by atoms with E-state index in [0.29, 0.717) is 27.2 Å². The Morgan fingerprint density at radius 2 is 1.71 bits per heavy atom. The van der Waals surface area contributed by atoms with Crippen LogP contribution in [0, 0.1) is 5.82 Å². The van der Waals surface area contributed by atoms with E-state index in [1.807, 2.05) is 71.4 Å². The molecule has 0 bridgehead atoms. The largest absolute Gasteiger partial charge is 0.478 e. The van der Waals surface area contributed by atoms with Crippen LogP contribution in [0.2, 0.25) is 5.02 Å². The molecule has 2 heterocycles. The lowest BCUT2D eigenvalue weighted by atomic mass is 9.98. The van der Waals surface area contributed by atoms with Crippen molar-refractivity contribution in [2.45, 2.75) is 6.54 Å². The highest BCUT2D eigenvalue weighted by molar-refractivity contribution is 6.31. The van der Waals surface area contributed by atoms with Gasteiger partial charge in [-0.25, -0.2) is 14.2 Å². The van der Waals surface area contributed by atoms with Crippen LogP contribution >= 0.6 is 11.6 Å². The summed E-state index contributed by atoms with van der Waals surface area (Å²) in [5.74, 6) is -1.39. The minimum absolute atomic E-state index is 0.191. The van der Waals surface area contributed by atoms with Gasteiger partial charge in [0, 0.05) is 38.6 Å². The third-order valence-corrected chi connectivity index (χ3v) is 6.74. The molecule has 0 atom stereocenters. The van der Waals surface area contributed by atoms with Crippen molar-refractivity contribution in [1.82, 2.24) is 9.55 Å². The first-order chi connectivity index (χ1) is 17.0. The van der Waals surface area contributed by atoms with E-state index in [1.165, 1.54) is 6.07 Å². The first-order valence-corrected chi connectivity index (χ1v) is 11.5. The number of pyridine rings is 1. The number of aromatic nitrogens is 2. The summed E-state index contributed by atoms with van der Waals surface area (Å²) in [5, 5.41) is 13.8. The molecule has 0 saturated heterocycles. The molecule has 170 valence electrons. The van der Waals surface area contributed by atoms with E-state index in [2.05, 4.69) is 0 Å². The summed E-state index contributed by atoms with van der Waals surface area (Å²) in [5.41, 5.74) is 3.37. The van der Waals surface area contributed by atoms with Gasteiger partial charge in [0.25, 0.3) is 0 Å². The number of carboxylic acid groups (broad SMARTS) is 1. The predicted octanol–water partition coefficient (Wildman–Crippen LogP) is 7.55. The molecule has 0 amide bonds. The van der Waals surface area contributed by atoms with Gasteiger partial charge in [-0.1, -0.05) is 66.2 Å². The SMILES string of the molecule is O=C(O)c1cc(-c2cn(Cc3c(F)cccc3Cl)c3ccccc23)nc2ccc3ccccc3c12. The number of nitrogens with zero attached hydrogens (tertiary/aromatic N) is 2. The fraction of sp³-hybridized carbons (Fsp3) is 0.0345. The van der Waals surface area contributed by atoms with E-state index in [0.717, 1.165) is 27.2 Å². The van der Waals surface area contributed by atoms with Crippen molar-refractivity contribution in [3.05, 3.63) is 113 Å². The highest BCUT2D eigenvalue weighted by Gasteiger charge is 2.19. The van der Waals surface area contributed by atoms with Crippen LogP contribution in [0.15, 0.2) is 91.1 Å². The fourth-order valence-corrected chi connectivity index (χ4v) is 4.97. The first-order valence-electron chi connectivity index (χ1n) is 11.1. The molecule has 4 nitrogen and oxygen atoms in total. The Morgan fingerprint density at radius 3 is 2.51 bits per heavy atom. The lowest BCUT2D eigenvalue weighted by Gasteiger charge is -2.10. The van der Waals surface area contributed by atoms with Crippen molar-refractivity contribution in [2.75, 3.05) is 0 Å². The van der Waals surface area contributed by atoms with Gasteiger partial charge in [0.15, 0.2) is 0 Å². The topological polar surface area (TPSA) is 55.1 Å². The second kappa shape index (κ2) is 8.22. The van der Waals surface area contributed by atoms with E-state index in [4.69, 9.17) is 16.6 Å². The maximum Gasteiger partial charge on any atom is 0.336 e. The Balaban J connectivity index is 1.59. The minimum Gasteiger partial charge on any atom is -0.478 e. The highest BCUT2D eigenvalue weighted by atomic mass is 35.5. The molecule has 0 fully saturated rings. The van der Waals surface area contributed by atoms with Gasteiger partial charge in [-0.15, -0.1) is 0 Å². The number of rotatable bonds is 4. The van der Waals surface area contributed by atoms with Gasteiger partial charge in [-0.05, 0) is 41.1 Å². The molecule has 0 aliphatic carbocycles. The van der Waals surface area contributed by atoms with Gasteiger partial charge in [0.2, 0.25) is 0 Å². The molecule has 0 spiro atoms. The summed E-state index contributed by atoms with van der Waals surface area (Å²) < 4.78 is 16.5. The lowest BCUT2D eigenvalue weighted by Crippen LogP contribution is -2.02. The van der Waals surface area contributed by atoms with Gasteiger partial charge in [0.1, 0.15) is 5.82 Å². The number of para-hydroxylation sites is 1. The Kier molecular flexibility index (Phi) is 5.01. The van der Waals surface area contributed by atoms with E-state index in [1.54, 1.807) is 18.2 Å². The van der Waals surface area contributed by atoms with Crippen LogP contribution in [0.1, 0.15) is 15.9 Å². The number of carboxylic acids is 1. The third-order valence-electron chi connectivity index (χ3n) is 6.38. The average molecular weight is 481 g/mol.